The molecule has 6 nitrogen and oxygen atoms in total. The fraction of sp³-hybridized carbons (Fsp3) is 0.444. The number of hydrogen-bond donors (Lipinski definition) is 1. The summed E-state index contributed by atoms with van der Waals surface area (Å²) in [4.78, 5) is 24.5. The van der Waals surface area contributed by atoms with Crippen LogP contribution in [0.1, 0.15) is 74.4 Å². The Bertz CT molecular complexity index is 992. The monoisotopic (exact) mass is 448 g/mol. The zero-order valence-corrected chi connectivity index (χ0v) is 19.6. The molecule has 1 aliphatic carbocycles. The first-order valence-electron chi connectivity index (χ1n) is 11.4. The van der Waals surface area contributed by atoms with Gasteiger partial charge in [0.05, 0.1) is 11.6 Å². The van der Waals surface area contributed by atoms with Gasteiger partial charge in [0, 0.05) is 0 Å². The molecule has 2 aromatic carbocycles. The van der Waals surface area contributed by atoms with Crippen LogP contribution < -0.4 is 10.1 Å². The molecule has 33 heavy (non-hydrogen) atoms. The Morgan fingerprint density at radius 2 is 1.64 bits per heavy atom. The number of ether oxygens (including phenoxy) is 2. The number of esters is 1. The second-order valence-corrected chi connectivity index (χ2v) is 9.64. The summed E-state index contributed by atoms with van der Waals surface area (Å²) in [5, 5.41) is 12.2. The van der Waals surface area contributed by atoms with Gasteiger partial charge in [0.2, 0.25) is 0 Å². The van der Waals surface area contributed by atoms with E-state index in [9.17, 15) is 14.9 Å². The van der Waals surface area contributed by atoms with E-state index in [1.54, 1.807) is 24.3 Å². The van der Waals surface area contributed by atoms with E-state index in [0.717, 1.165) is 30.6 Å². The van der Waals surface area contributed by atoms with E-state index in [0.29, 0.717) is 25.0 Å². The van der Waals surface area contributed by atoms with Gasteiger partial charge in [-0.3, -0.25) is 4.79 Å². The standard InChI is InChI=1S/C27H32N2O4/c1-26(2,3)22-11-13-23(14-12-22)32-17-20-7-9-21(10-8-20)25(31)33-18-24(30)29-27(19-28)15-5-4-6-16-27/h7-14H,4-6,15-18H2,1-3H3,(H,29,30). The molecule has 1 fully saturated rings. The van der Waals surface area contributed by atoms with Gasteiger partial charge >= 0.3 is 5.97 Å². The van der Waals surface area contributed by atoms with Crippen molar-refractivity contribution in [3.05, 3.63) is 65.2 Å². The number of nitriles is 1. The lowest BCUT2D eigenvalue weighted by Gasteiger charge is -2.31. The number of amides is 1. The highest BCUT2D eigenvalue weighted by Gasteiger charge is 2.33. The summed E-state index contributed by atoms with van der Waals surface area (Å²) in [5.74, 6) is -0.245. The van der Waals surface area contributed by atoms with Gasteiger partial charge in [0.1, 0.15) is 17.9 Å². The maximum Gasteiger partial charge on any atom is 0.338 e. The average Bonchev–Trinajstić information content (AvgIpc) is 2.82. The molecule has 0 unspecified atom stereocenters. The van der Waals surface area contributed by atoms with E-state index >= 15 is 0 Å². The maximum absolute atomic E-state index is 12.3. The van der Waals surface area contributed by atoms with Crippen molar-refractivity contribution in [2.24, 2.45) is 0 Å². The Morgan fingerprint density at radius 3 is 2.21 bits per heavy atom. The molecule has 0 atom stereocenters. The molecule has 3 rings (SSSR count). The first-order valence-corrected chi connectivity index (χ1v) is 11.4. The van der Waals surface area contributed by atoms with Crippen molar-refractivity contribution in [2.75, 3.05) is 6.61 Å². The zero-order chi connectivity index (χ0) is 23.9. The minimum absolute atomic E-state index is 0.0939. The number of benzene rings is 2. The first kappa shape index (κ1) is 24.3. The third-order valence-corrected chi connectivity index (χ3v) is 5.95. The van der Waals surface area contributed by atoms with E-state index in [4.69, 9.17) is 9.47 Å². The first-order chi connectivity index (χ1) is 15.7. The number of carbonyl (C=O) groups is 2. The van der Waals surface area contributed by atoms with Crippen molar-refractivity contribution in [2.45, 2.75) is 70.4 Å². The third kappa shape index (κ3) is 6.82. The van der Waals surface area contributed by atoms with Crippen LogP contribution in [0, 0.1) is 11.3 Å². The summed E-state index contributed by atoms with van der Waals surface area (Å²) in [6.45, 7) is 6.48. The summed E-state index contributed by atoms with van der Waals surface area (Å²) in [6, 6.07) is 17.2. The number of hydrogen-bond acceptors (Lipinski definition) is 5. The predicted molar refractivity (Wildman–Crippen MR) is 126 cm³/mol. The molecule has 0 bridgehead atoms. The summed E-state index contributed by atoms with van der Waals surface area (Å²) in [7, 11) is 0. The van der Waals surface area contributed by atoms with Crippen LogP contribution in [0.3, 0.4) is 0 Å². The third-order valence-electron chi connectivity index (χ3n) is 5.95. The normalized spacial score (nSPS) is 15.2. The molecular weight excluding hydrogens is 416 g/mol. The molecule has 1 aliphatic rings. The van der Waals surface area contributed by atoms with Crippen LogP contribution in [0.5, 0.6) is 5.75 Å². The highest BCUT2D eigenvalue weighted by Crippen LogP contribution is 2.27. The van der Waals surface area contributed by atoms with E-state index < -0.39 is 24.0 Å². The van der Waals surface area contributed by atoms with Crippen molar-refractivity contribution in [3.8, 4) is 11.8 Å². The van der Waals surface area contributed by atoms with Crippen LogP contribution in [-0.4, -0.2) is 24.0 Å². The SMILES string of the molecule is CC(C)(C)c1ccc(OCc2ccc(C(=O)OCC(=O)NC3(C#N)CCCCC3)cc2)cc1. The van der Waals surface area contributed by atoms with Crippen molar-refractivity contribution in [3.63, 3.8) is 0 Å². The van der Waals surface area contributed by atoms with Gasteiger partial charge in [-0.25, -0.2) is 4.79 Å². The maximum atomic E-state index is 12.3. The fourth-order valence-corrected chi connectivity index (χ4v) is 3.89. The number of nitrogens with zero attached hydrogens (tertiary/aromatic N) is 1. The summed E-state index contributed by atoms with van der Waals surface area (Å²) in [5.41, 5.74) is 1.77. The molecule has 2 aromatic rings. The van der Waals surface area contributed by atoms with Crippen LogP contribution in [-0.2, 0) is 21.6 Å². The summed E-state index contributed by atoms with van der Waals surface area (Å²) >= 11 is 0. The van der Waals surface area contributed by atoms with Crippen LogP contribution >= 0.6 is 0 Å². The molecule has 174 valence electrons. The quantitative estimate of drug-likeness (QED) is 0.598. The molecular formula is C27H32N2O4. The second-order valence-electron chi connectivity index (χ2n) is 9.64. The van der Waals surface area contributed by atoms with E-state index in [1.165, 1.54) is 5.56 Å². The molecule has 0 heterocycles. The summed E-state index contributed by atoms with van der Waals surface area (Å²) < 4.78 is 11.0. The van der Waals surface area contributed by atoms with E-state index in [-0.39, 0.29) is 5.41 Å². The summed E-state index contributed by atoms with van der Waals surface area (Å²) in [6.07, 6.45) is 4.15. The van der Waals surface area contributed by atoms with Gasteiger partial charge in [-0.1, -0.05) is 64.3 Å². The lowest BCUT2D eigenvalue weighted by atomic mass is 9.83. The van der Waals surface area contributed by atoms with Crippen molar-refractivity contribution in [1.29, 1.82) is 5.26 Å². The molecule has 0 radical (unpaired) electrons. The predicted octanol–water partition coefficient (Wildman–Crippen LogP) is 5.06. The lowest BCUT2D eigenvalue weighted by Crippen LogP contribution is -2.50. The minimum Gasteiger partial charge on any atom is -0.489 e. The smallest absolute Gasteiger partial charge is 0.338 e. The Hall–Kier alpha value is -3.33. The highest BCUT2D eigenvalue weighted by molar-refractivity contribution is 5.91. The molecule has 1 N–H and O–H groups in total. The average molecular weight is 449 g/mol. The van der Waals surface area contributed by atoms with Gasteiger partial charge in [-0.05, 0) is 53.6 Å². The van der Waals surface area contributed by atoms with Gasteiger partial charge in [-0.15, -0.1) is 0 Å². The van der Waals surface area contributed by atoms with E-state index in [1.807, 2.05) is 12.1 Å². The van der Waals surface area contributed by atoms with Gasteiger partial charge in [0.15, 0.2) is 6.61 Å². The zero-order valence-electron chi connectivity index (χ0n) is 19.6. The van der Waals surface area contributed by atoms with Gasteiger partial charge in [0.25, 0.3) is 5.91 Å². The molecule has 0 aromatic heterocycles. The molecule has 0 spiro atoms. The Morgan fingerprint density at radius 1 is 1.00 bits per heavy atom. The van der Waals surface area contributed by atoms with Crippen LogP contribution in [0.4, 0.5) is 0 Å². The van der Waals surface area contributed by atoms with Crippen molar-refractivity contribution >= 4 is 11.9 Å². The van der Waals surface area contributed by atoms with Gasteiger partial charge < -0.3 is 14.8 Å². The number of carbonyl (C=O) groups excluding carboxylic acids is 2. The number of nitrogens with one attached hydrogen (secondary N) is 1. The fourth-order valence-electron chi connectivity index (χ4n) is 3.89. The largest absolute Gasteiger partial charge is 0.489 e. The highest BCUT2D eigenvalue weighted by atomic mass is 16.5. The molecule has 0 aliphatic heterocycles. The van der Waals surface area contributed by atoms with Crippen LogP contribution in [0.15, 0.2) is 48.5 Å². The van der Waals surface area contributed by atoms with Crippen LogP contribution in [0.2, 0.25) is 0 Å². The Kier molecular flexibility index (Phi) is 7.75. The topological polar surface area (TPSA) is 88.4 Å². The molecule has 1 saturated carbocycles. The second kappa shape index (κ2) is 10.5. The molecule has 6 heteroatoms. The van der Waals surface area contributed by atoms with Crippen molar-refractivity contribution in [1.82, 2.24) is 5.32 Å². The van der Waals surface area contributed by atoms with Crippen molar-refractivity contribution < 1.29 is 19.1 Å². The lowest BCUT2D eigenvalue weighted by molar-refractivity contribution is -0.125. The molecule has 0 saturated heterocycles. The molecule has 1 amide bonds. The minimum atomic E-state index is -0.837. The van der Waals surface area contributed by atoms with E-state index in [2.05, 4.69) is 44.3 Å². The number of rotatable bonds is 7. The van der Waals surface area contributed by atoms with Gasteiger partial charge in [-0.2, -0.15) is 5.26 Å². The van der Waals surface area contributed by atoms with Crippen LogP contribution in [0.25, 0.3) is 0 Å². The Labute approximate surface area is 195 Å². The Balaban J connectivity index is 1.46.